The third-order valence-corrected chi connectivity index (χ3v) is 3.88. The summed E-state index contributed by atoms with van der Waals surface area (Å²) in [7, 11) is 1.58. The Morgan fingerprint density at radius 2 is 2.00 bits per heavy atom. The number of nitrogens with zero attached hydrogens (tertiary/aromatic N) is 4. The fraction of sp³-hybridized carbons (Fsp3) is 0.111. The van der Waals surface area contributed by atoms with Crippen LogP contribution in [0.4, 0.5) is 0 Å². The van der Waals surface area contributed by atoms with E-state index in [1.807, 2.05) is 6.92 Å². The van der Waals surface area contributed by atoms with Crippen LogP contribution in [0.25, 0.3) is 16.9 Å². The van der Waals surface area contributed by atoms with Gasteiger partial charge in [0.2, 0.25) is 5.88 Å². The summed E-state index contributed by atoms with van der Waals surface area (Å²) in [5, 5.41) is 0. The van der Waals surface area contributed by atoms with E-state index in [9.17, 15) is 4.79 Å². The molecule has 130 valence electrons. The maximum atomic E-state index is 12.2. The number of methoxy groups -OCH3 is 1. The van der Waals surface area contributed by atoms with E-state index >= 15 is 0 Å². The molecule has 26 heavy (non-hydrogen) atoms. The van der Waals surface area contributed by atoms with E-state index in [4.69, 9.17) is 9.47 Å². The van der Waals surface area contributed by atoms with Crippen molar-refractivity contribution in [2.24, 2.45) is 0 Å². The van der Waals surface area contributed by atoms with Crippen LogP contribution in [0.2, 0.25) is 0 Å². The summed E-state index contributed by atoms with van der Waals surface area (Å²) in [6.45, 7) is 1.85. The van der Waals surface area contributed by atoms with Gasteiger partial charge in [-0.3, -0.25) is 4.98 Å². The van der Waals surface area contributed by atoms with Crippen LogP contribution in [-0.2, 0) is 0 Å². The Morgan fingerprint density at radius 1 is 1.12 bits per heavy atom. The summed E-state index contributed by atoms with van der Waals surface area (Å²) in [4.78, 5) is 27.7. The zero-order valence-electron chi connectivity index (χ0n) is 14.1. The molecule has 0 aliphatic rings. The summed E-state index contributed by atoms with van der Waals surface area (Å²) in [6, 6.07) is 8.72. The molecule has 8 nitrogen and oxygen atoms in total. The number of aromatic nitrogens is 5. The number of rotatable bonds is 4. The number of aromatic amines is 1. The highest BCUT2D eigenvalue weighted by molar-refractivity contribution is 5.72. The first-order valence-corrected chi connectivity index (χ1v) is 7.86. The van der Waals surface area contributed by atoms with Gasteiger partial charge in [0.1, 0.15) is 5.75 Å². The minimum absolute atomic E-state index is 0.276. The van der Waals surface area contributed by atoms with Crippen LogP contribution < -0.4 is 15.2 Å². The lowest BCUT2D eigenvalue weighted by Gasteiger charge is -2.08. The molecule has 0 unspecified atom stereocenters. The molecule has 0 aliphatic heterocycles. The summed E-state index contributed by atoms with van der Waals surface area (Å²) in [5.74, 6) is 1.52. The number of pyridine rings is 3. The fourth-order valence-electron chi connectivity index (χ4n) is 2.62. The van der Waals surface area contributed by atoms with Crippen LogP contribution in [0.5, 0.6) is 17.4 Å². The molecule has 0 aliphatic carbocycles. The van der Waals surface area contributed by atoms with Gasteiger partial charge in [-0.25, -0.2) is 19.3 Å². The van der Waals surface area contributed by atoms with Gasteiger partial charge in [0.05, 0.1) is 36.4 Å². The molecule has 8 heteroatoms. The van der Waals surface area contributed by atoms with Crippen LogP contribution in [0.15, 0.2) is 53.7 Å². The Labute approximate surface area is 148 Å². The zero-order valence-corrected chi connectivity index (χ0v) is 14.1. The quantitative estimate of drug-likeness (QED) is 0.608. The van der Waals surface area contributed by atoms with Crippen molar-refractivity contribution in [2.45, 2.75) is 6.92 Å². The summed E-state index contributed by atoms with van der Waals surface area (Å²) >= 11 is 0. The fourth-order valence-corrected chi connectivity index (χ4v) is 2.62. The summed E-state index contributed by atoms with van der Waals surface area (Å²) in [5.41, 5.74) is 2.29. The van der Waals surface area contributed by atoms with E-state index in [0.717, 1.165) is 5.69 Å². The molecule has 4 heterocycles. The average molecular weight is 349 g/mol. The number of H-pyrrole nitrogens is 1. The van der Waals surface area contributed by atoms with E-state index < -0.39 is 0 Å². The molecular weight excluding hydrogens is 334 g/mol. The molecule has 0 fully saturated rings. The van der Waals surface area contributed by atoms with E-state index in [-0.39, 0.29) is 5.69 Å². The van der Waals surface area contributed by atoms with Crippen molar-refractivity contribution in [1.29, 1.82) is 0 Å². The van der Waals surface area contributed by atoms with Crippen molar-refractivity contribution < 1.29 is 9.47 Å². The number of aryl methyl sites for hydroxylation is 1. The van der Waals surface area contributed by atoms with E-state index in [0.29, 0.717) is 34.2 Å². The molecule has 0 saturated heterocycles. The van der Waals surface area contributed by atoms with Crippen LogP contribution >= 0.6 is 0 Å². The first kappa shape index (κ1) is 15.8. The van der Waals surface area contributed by atoms with Gasteiger partial charge in [-0.1, -0.05) is 0 Å². The second-order valence-electron chi connectivity index (χ2n) is 5.56. The number of ether oxygens (including phenoxy) is 2. The zero-order chi connectivity index (χ0) is 18.1. The summed E-state index contributed by atoms with van der Waals surface area (Å²) < 4.78 is 12.4. The van der Waals surface area contributed by atoms with Gasteiger partial charge in [-0.05, 0) is 25.1 Å². The van der Waals surface area contributed by atoms with Gasteiger partial charge >= 0.3 is 5.69 Å². The first-order chi connectivity index (χ1) is 12.7. The van der Waals surface area contributed by atoms with Crippen LogP contribution in [0, 0.1) is 6.92 Å². The molecule has 0 amide bonds. The third-order valence-electron chi connectivity index (χ3n) is 3.88. The standard InChI is InChI=1S/C18H15N5O3/c1-11-15(25-2)8-13(10-20-11)26-16-6-5-12(9-21-16)23-17-14(22-18(23)24)4-3-7-19-17/h3-10H,1-2H3,(H,22,24). The second kappa shape index (κ2) is 6.32. The smallest absolute Gasteiger partial charge is 0.332 e. The number of fused-ring (bicyclic) bond motifs is 1. The SMILES string of the molecule is COc1cc(Oc2ccc(-n3c(=O)[nH]c4cccnc43)cn2)cnc1C. The predicted octanol–water partition coefficient (Wildman–Crippen LogP) is 2.61. The highest BCUT2D eigenvalue weighted by atomic mass is 16.5. The Bertz CT molecular complexity index is 1130. The van der Waals surface area contributed by atoms with Crippen molar-refractivity contribution in [3.63, 3.8) is 0 Å². The van der Waals surface area contributed by atoms with Crippen molar-refractivity contribution in [2.75, 3.05) is 7.11 Å². The van der Waals surface area contributed by atoms with Gasteiger partial charge in [0.25, 0.3) is 0 Å². The molecule has 0 atom stereocenters. The molecule has 0 aromatic carbocycles. The molecule has 0 saturated carbocycles. The number of nitrogens with one attached hydrogen (secondary N) is 1. The van der Waals surface area contributed by atoms with Crippen LogP contribution in [-0.4, -0.2) is 31.6 Å². The molecule has 0 radical (unpaired) electrons. The lowest BCUT2D eigenvalue weighted by atomic mass is 10.3. The van der Waals surface area contributed by atoms with E-state index in [1.54, 1.807) is 56.0 Å². The average Bonchev–Trinajstić information content (AvgIpc) is 3.00. The molecular formula is C18H15N5O3. The van der Waals surface area contributed by atoms with Gasteiger partial charge < -0.3 is 14.5 Å². The Morgan fingerprint density at radius 3 is 2.77 bits per heavy atom. The van der Waals surface area contributed by atoms with Gasteiger partial charge in [-0.2, -0.15) is 0 Å². The van der Waals surface area contributed by atoms with Gasteiger partial charge in [-0.15, -0.1) is 0 Å². The van der Waals surface area contributed by atoms with Crippen molar-refractivity contribution in [1.82, 2.24) is 24.5 Å². The highest BCUT2D eigenvalue weighted by Crippen LogP contribution is 2.25. The molecule has 1 N–H and O–H groups in total. The lowest BCUT2D eigenvalue weighted by Crippen LogP contribution is -2.15. The minimum atomic E-state index is -0.276. The number of hydrogen-bond donors (Lipinski definition) is 1. The van der Waals surface area contributed by atoms with Crippen molar-refractivity contribution in [3.05, 3.63) is 65.1 Å². The number of hydrogen-bond acceptors (Lipinski definition) is 6. The maximum Gasteiger partial charge on any atom is 0.332 e. The largest absolute Gasteiger partial charge is 0.495 e. The lowest BCUT2D eigenvalue weighted by molar-refractivity contribution is 0.401. The van der Waals surface area contributed by atoms with Crippen LogP contribution in [0.1, 0.15) is 5.69 Å². The van der Waals surface area contributed by atoms with Crippen molar-refractivity contribution in [3.8, 4) is 23.1 Å². The molecule has 0 bridgehead atoms. The third kappa shape index (κ3) is 2.77. The molecule has 0 spiro atoms. The van der Waals surface area contributed by atoms with Gasteiger partial charge in [0, 0.05) is 18.3 Å². The summed E-state index contributed by atoms with van der Waals surface area (Å²) in [6.07, 6.45) is 4.79. The predicted molar refractivity (Wildman–Crippen MR) is 95.1 cm³/mol. The van der Waals surface area contributed by atoms with E-state index in [2.05, 4.69) is 19.9 Å². The highest BCUT2D eigenvalue weighted by Gasteiger charge is 2.10. The Balaban J connectivity index is 1.65. The number of imidazole rings is 1. The molecule has 4 aromatic rings. The monoisotopic (exact) mass is 349 g/mol. The van der Waals surface area contributed by atoms with Crippen molar-refractivity contribution >= 4 is 11.2 Å². The first-order valence-electron chi connectivity index (χ1n) is 7.86. The maximum absolute atomic E-state index is 12.2. The van der Waals surface area contributed by atoms with E-state index in [1.165, 1.54) is 4.57 Å². The molecule has 4 rings (SSSR count). The second-order valence-corrected chi connectivity index (χ2v) is 5.56. The topological polar surface area (TPSA) is 94.9 Å². The Hall–Kier alpha value is -3.68. The minimum Gasteiger partial charge on any atom is -0.495 e. The normalized spacial score (nSPS) is 10.8. The van der Waals surface area contributed by atoms with Crippen LogP contribution in [0.3, 0.4) is 0 Å². The van der Waals surface area contributed by atoms with Gasteiger partial charge in [0.15, 0.2) is 11.4 Å². The molecule has 4 aromatic heterocycles. The Kier molecular flexibility index (Phi) is 3.85.